The van der Waals surface area contributed by atoms with Crippen LogP contribution in [0.4, 0.5) is 4.79 Å². The molecule has 0 saturated carbocycles. The summed E-state index contributed by atoms with van der Waals surface area (Å²) in [5, 5.41) is 0.522. The van der Waals surface area contributed by atoms with Gasteiger partial charge in [0.05, 0.1) is 12.6 Å². The average molecular weight is 373 g/mol. The van der Waals surface area contributed by atoms with Crippen molar-refractivity contribution in [1.82, 2.24) is 9.80 Å². The average Bonchev–Trinajstić information content (AvgIpc) is 2.85. The molecule has 0 aromatic heterocycles. The molecule has 3 rings (SSSR count). The molecule has 2 aromatic carbocycles. The zero-order valence-corrected chi connectivity index (χ0v) is 14.8. The number of amides is 4. The largest absolute Gasteiger partial charge is 0.492 e. The Hall–Kier alpha value is -2.86. The van der Waals surface area contributed by atoms with Crippen LogP contribution in [0.25, 0.3) is 0 Å². The van der Waals surface area contributed by atoms with E-state index in [9.17, 15) is 14.4 Å². The molecule has 0 bridgehead atoms. The van der Waals surface area contributed by atoms with E-state index in [1.54, 1.807) is 43.3 Å². The summed E-state index contributed by atoms with van der Waals surface area (Å²) >= 11 is 5.88. The van der Waals surface area contributed by atoms with Crippen molar-refractivity contribution >= 4 is 29.4 Å². The smallest absolute Gasteiger partial charge is 0.334 e. The maximum absolute atomic E-state index is 12.6. The summed E-state index contributed by atoms with van der Waals surface area (Å²) in [7, 11) is 0. The Labute approximate surface area is 155 Å². The topological polar surface area (TPSA) is 66.9 Å². The number of urea groups is 1. The number of nitrogens with zero attached hydrogens (tertiary/aromatic N) is 2. The predicted molar refractivity (Wildman–Crippen MR) is 95.8 cm³/mol. The Morgan fingerprint density at radius 3 is 2.42 bits per heavy atom. The third-order valence-corrected chi connectivity index (χ3v) is 4.37. The number of hydrogen-bond donors (Lipinski definition) is 0. The minimum atomic E-state index is -0.840. The van der Waals surface area contributed by atoms with Gasteiger partial charge in [0.1, 0.15) is 12.4 Å². The van der Waals surface area contributed by atoms with Crippen LogP contribution in [0.15, 0.2) is 54.6 Å². The van der Waals surface area contributed by atoms with Crippen molar-refractivity contribution in [3.63, 3.8) is 0 Å². The molecule has 26 heavy (non-hydrogen) atoms. The molecule has 6 nitrogen and oxygen atoms in total. The Morgan fingerprint density at radius 2 is 1.73 bits per heavy atom. The van der Waals surface area contributed by atoms with Gasteiger partial charge >= 0.3 is 17.8 Å². The highest BCUT2D eigenvalue weighted by atomic mass is 35.5. The summed E-state index contributed by atoms with van der Waals surface area (Å²) in [6.07, 6.45) is 0. The van der Waals surface area contributed by atoms with Gasteiger partial charge in [0.25, 0.3) is 0 Å². The van der Waals surface area contributed by atoms with Crippen LogP contribution >= 0.6 is 11.6 Å². The Balaban J connectivity index is 1.66. The first kappa shape index (κ1) is 17.9. The molecule has 0 radical (unpaired) electrons. The minimum absolute atomic E-state index is 0.0199. The highest BCUT2D eigenvalue weighted by Crippen LogP contribution is 2.26. The molecule has 0 spiro atoms. The van der Waals surface area contributed by atoms with Crippen molar-refractivity contribution in [1.29, 1.82) is 0 Å². The molecule has 1 atom stereocenters. The number of ether oxygens (including phenoxy) is 1. The molecule has 1 saturated heterocycles. The van der Waals surface area contributed by atoms with Gasteiger partial charge < -0.3 is 4.74 Å². The van der Waals surface area contributed by atoms with Crippen LogP contribution in [0.2, 0.25) is 5.02 Å². The zero-order chi connectivity index (χ0) is 18.7. The fourth-order valence-corrected chi connectivity index (χ4v) is 2.93. The van der Waals surface area contributed by atoms with Crippen molar-refractivity contribution in [3.05, 3.63) is 65.2 Å². The fourth-order valence-electron chi connectivity index (χ4n) is 2.75. The highest BCUT2D eigenvalue weighted by molar-refractivity contribution is 6.44. The van der Waals surface area contributed by atoms with Crippen molar-refractivity contribution < 1.29 is 19.1 Å². The van der Waals surface area contributed by atoms with E-state index in [1.165, 1.54) is 0 Å². The van der Waals surface area contributed by atoms with Crippen molar-refractivity contribution in [3.8, 4) is 5.75 Å². The van der Waals surface area contributed by atoms with Crippen LogP contribution in [0.3, 0.4) is 0 Å². The molecular weight excluding hydrogens is 356 g/mol. The lowest BCUT2D eigenvalue weighted by Gasteiger charge is -2.22. The Bertz CT molecular complexity index is 840. The third-order valence-electron chi connectivity index (χ3n) is 4.13. The molecule has 4 amide bonds. The monoisotopic (exact) mass is 372 g/mol. The van der Waals surface area contributed by atoms with Crippen LogP contribution in [-0.4, -0.2) is 40.8 Å². The van der Waals surface area contributed by atoms with E-state index in [0.29, 0.717) is 10.8 Å². The van der Waals surface area contributed by atoms with Crippen molar-refractivity contribution in [2.75, 3.05) is 13.2 Å². The van der Waals surface area contributed by atoms with Crippen LogP contribution < -0.4 is 4.74 Å². The van der Waals surface area contributed by atoms with Gasteiger partial charge in [0, 0.05) is 5.02 Å². The lowest BCUT2D eigenvalue weighted by Crippen LogP contribution is -2.37. The molecule has 1 unspecified atom stereocenters. The lowest BCUT2D eigenvalue weighted by molar-refractivity contribution is -0.144. The second-order valence-electron chi connectivity index (χ2n) is 5.81. The normalized spacial score (nSPS) is 15.5. The molecule has 2 aromatic rings. The summed E-state index contributed by atoms with van der Waals surface area (Å²) in [4.78, 5) is 38.9. The van der Waals surface area contributed by atoms with Crippen LogP contribution in [0.1, 0.15) is 18.5 Å². The maximum Gasteiger partial charge on any atom is 0.334 e. The summed E-state index contributed by atoms with van der Waals surface area (Å²) in [5.74, 6) is -1.14. The highest BCUT2D eigenvalue weighted by Gasteiger charge is 2.46. The SMILES string of the molecule is CC(c1ccccc1)N1C(=O)C(=O)N(CCOc2cccc(Cl)c2)C1=O. The van der Waals surface area contributed by atoms with Crippen molar-refractivity contribution in [2.24, 2.45) is 0 Å². The lowest BCUT2D eigenvalue weighted by atomic mass is 10.1. The molecule has 134 valence electrons. The molecule has 1 heterocycles. The molecule has 7 heteroatoms. The Morgan fingerprint density at radius 1 is 1.00 bits per heavy atom. The van der Waals surface area contributed by atoms with Gasteiger partial charge in [-0.2, -0.15) is 0 Å². The zero-order valence-electron chi connectivity index (χ0n) is 14.1. The van der Waals surface area contributed by atoms with Gasteiger partial charge in [0.2, 0.25) is 0 Å². The number of rotatable bonds is 6. The Kier molecular flexibility index (Phi) is 5.23. The quantitative estimate of drug-likeness (QED) is 0.576. The van der Waals surface area contributed by atoms with Crippen molar-refractivity contribution in [2.45, 2.75) is 13.0 Å². The minimum Gasteiger partial charge on any atom is -0.492 e. The molecule has 1 fully saturated rings. The number of imide groups is 2. The van der Waals surface area contributed by atoms with Gasteiger partial charge in [-0.1, -0.05) is 48.0 Å². The second kappa shape index (κ2) is 7.58. The first-order valence-electron chi connectivity index (χ1n) is 8.11. The molecular formula is C19H17ClN2O4. The van der Waals surface area contributed by atoms with Crippen LogP contribution in [0.5, 0.6) is 5.75 Å². The van der Waals surface area contributed by atoms with E-state index < -0.39 is 23.9 Å². The molecule has 0 aliphatic carbocycles. The summed E-state index contributed by atoms with van der Waals surface area (Å²) in [5.41, 5.74) is 0.777. The summed E-state index contributed by atoms with van der Waals surface area (Å²) in [6, 6.07) is 14.7. The van der Waals surface area contributed by atoms with Gasteiger partial charge in [-0.15, -0.1) is 0 Å². The predicted octanol–water partition coefficient (Wildman–Crippen LogP) is 3.27. The van der Waals surface area contributed by atoms with E-state index in [2.05, 4.69) is 0 Å². The summed E-state index contributed by atoms with van der Waals surface area (Å²) < 4.78 is 5.50. The molecule has 1 aliphatic rings. The van der Waals surface area contributed by atoms with Crippen LogP contribution in [0, 0.1) is 0 Å². The van der Waals surface area contributed by atoms with E-state index in [1.807, 2.05) is 18.2 Å². The number of hydrogen-bond acceptors (Lipinski definition) is 4. The second-order valence-corrected chi connectivity index (χ2v) is 6.24. The number of benzene rings is 2. The third kappa shape index (κ3) is 3.55. The first-order valence-corrected chi connectivity index (χ1v) is 8.49. The van der Waals surface area contributed by atoms with E-state index in [4.69, 9.17) is 16.3 Å². The van der Waals surface area contributed by atoms with Gasteiger partial charge in [-0.25, -0.2) is 9.69 Å². The number of halogens is 1. The van der Waals surface area contributed by atoms with E-state index in [-0.39, 0.29) is 13.2 Å². The number of carbonyl (C=O) groups excluding carboxylic acids is 3. The standard InChI is InChI=1S/C19H17ClN2O4/c1-13(14-6-3-2-4-7-14)22-18(24)17(23)21(19(22)25)10-11-26-16-9-5-8-15(20)12-16/h2-9,12-13H,10-11H2,1H3. The molecule has 0 N–H and O–H groups in total. The molecule has 1 aliphatic heterocycles. The summed E-state index contributed by atoms with van der Waals surface area (Å²) in [6.45, 7) is 1.76. The number of carbonyl (C=O) groups is 3. The van der Waals surface area contributed by atoms with Crippen LogP contribution in [-0.2, 0) is 9.59 Å². The maximum atomic E-state index is 12.6. The fraction of sp³-hybridized carbons (Fsp3) is 0.211. The van der Waals surface area contributed by atoms with Gasteiger partial charge in [-0.05, 0) is 30.7 Å². The van der Waals surface area contributed by atoms with E-state index in [0.717, 1.165) is 15.4 Å². The van der Waals surface area contributed by atoms with Gasteiger partial charge in [0.15, 0.2) is 0 Å². The first-order chi connectivity index (χ1) is 12.5. The van der Waals surface area contributed by atoms with Gasteiger partial charge in [-0.3, -0.25) is 14.5 Å². The van der Waals surface area contributed by atoms with E-state index >= 15 is 0 Å².